The molecule has 0 atom stereocenters. The second kappa shape index (κ2) is 5.87. The van der Waals surface area contributed by atoms with Crippen molar-refractivity contribution in [3.8, 4) is 0 Å². The first kappa shape index (κ1) is 16.1. The normalized spacial score (nSPS) is 12.1. The van der Waals surface area contributed by atoms with Gasteiger partial charge in [-0.05, 0) is 11.1 Å². The minimum atomic E-state index is -5.51. The lowest BCUT2D eigenvalue weighted by Gasteiger charge is -2.21. The van der Waals surface area contributed by atoms with Crippen molar-refractivity contribution >= 4 is 5.57 Å². The van der Waals surface area contributed by atoms with Gasteiger partial charge in [-0.15, -0.1) is 0 Å². The fourth-order valence-corrected chi connectivity index (χ4v) is 2.11. The molecule has 22 heavy (non-hydrogen) atoms. The van der Waals surface area contributed by atoms with Crippen LogP contribution in [0.4, 0.5) is 26.3 Å². The Labute approximate surface area is 122 Å². The summed E-state index contributed by atoms with van der Waals surface area (Å²) in [5, 5.41) is 0. The Hall–Kier alpha value is -2.24. The van der Waals surface area contributed by atoms with Gasteiger partial charge < -0.3 is 0 Å². The summed E-state index contributed by atoms with van der Waals surface area (Å²) in [6, 6.07) is 13.5. The molecule has 0 bridgehead atoms. The summed E-state index contributed by atoms with van der Waals surface area (Å²) >= 11 is 0. The van der Waals surface area contributed by atoms with Crippen molar-refractivity contribution in [1.82, 2.24) is 0 Å². The molecule has 0 nitrogen and oxygen atoms in total. The second-order valence-electron chi connectivity index (χ2n) is 4.48. The fourth-order valence-electron chi connectivity index (χ4n) is 2.11. The highest BCUT2D eigenvalue weighted by Gasteiger charge is 2.53. The molecule has 0 saturated heterocycles. The van der Waals surface area contributed by atoms with Crippen LogP contribution in [-0.2, 0) is 0 Å². The first-order valence-electron chi connectivity index (χ1n) is 6.21. The maximum absolute atomic E-state index is 13.1. The molecule has 2 aromatic carbocycles. The quantitative estimate of drug-likeness (QED) is 0.631. The van der Waals surface area contributed by atoms with Crippen molar-refractivity contribution in [1.29, 1.82) is 0 Å². The summed E-state index contributed by atoms with van der Waals surface area (Å²) in [6.45, 7) is 0. The van der Waals surface area contributed by atoms with Gasteiger partial charge in [0.25, 0.3) is 0 Å². The van der Waals surface area contributed by atoms with Crippen molar-refractivity contribution < 1.29 is 26.3 Å². The highest BCUT2D eigenvalue weighted by molar-refractivity contribution is 5.83. The van der Waals surface area contributed by atoms with Gasteiger partial charge in [0.2, 0.25) is 0 Å². The SMILES string of the molecule is FC(F)(F)C(=C(c1ccccc1)c1ccccc1)C(F)(F)F. The average molecular weight is 316 g/mol. The molecule has 0 heterocycles. The smallest absolute Gasteiger partial charge is 0.166 e. The van der Waals surface area contributed by atoms with Gasteiger partial charge in [0, 0.05) is 5.57 Å². The summed E-state index contributed by atoms with van der Waals surface area (Å²) in [4.78, 5) is 0. The summed E-state index contributed by atoms with van der Waals surface area (Å²) in [7, 11) is 0. The second-order valence-corrected chi connectivity index (χ2v) is 4.48. The largest absolute Gasteiger partial charge is 0.421 e. The molecule has 0 N–H and O–H groups in total. The van der Waals surface area contributed by atoms with Crippen LogP contribution < -0.4 is 0 Å². The van der Waals surface area contributed by atoms with Gasteiger partial charge in [0.1, 0.15) is 5.57 Å². The van der Waals surface area contributed by atoms with E-state index >= 15 is 0 Å². The van der Waals surface area contributed by atoms with E-state index in [2.05, 4.69) is 0 Å². The van der Waals surface area contributed by atoms with Gasteiger partial charge >= 0.3 is 12.4 Å². The molecule has 0 amide bonds. The molecule has 0 aliphatic heterocycles. The van der Waals surface area contributed by atoms with Crippen molar-refractivity contribution in [2.45, 2.75) is 12.4 Å². The Morgan fingerprint density at radius 3 is 1.14 bits per heavy atom. The molecule has 6 heteroatoms. The third-order valence-corrected chi connectivity index (χ3v) is 2.94. The van der Waals surface area contributed by atoms with Gasteiger partial charge in [-0.25, -0.2) is 0 Å². The van der Waals surface area contributed by atoms with E-state index in [0.717, 1.165) is 0 Å². The summed E-state index contributed by atoms with van der Waals surface area (Å²) in [5.41, 5.74) is -3.66. The number of allylic oxidation sites excluding steroid dienone is 1. The highest BCUT2D eigenvalue weighted by atomic mass is 19.4. The summed E-state index contributed by atoms with van der Waals surface area (Å²) in [6.07, 6.45) is -11.0. The first-order chi connectivity index (χ1) is 10.2. The van der Waals surface area contributed by atoms with E-state index in [0.29, 0.717) is 0 Å². The molecule has 0 fully saturated rings. The van der Waals surface area contributed by atoms with Crippen LogP contribution in [0.1, 0.15) is 11.1 Å². The lowest BCUT2D eigenvalue weighted by molar-refractivity contribution is -0.170. The molecule has 0 radical (unpaired) electrons. The van der Waals surface area contributed by atoms with Crippen molar-refractivity contribution in [3.05, 3.63) is 77.4 Å². The number of halogens is 6. The molecular formula is C16H10F6. The summed E-state index contributed by atoms with van der Waals surface area (Å²) < 4.78 is 78.4. The molecule has 2 aromatic rings. The monoisotopic (exact) mass is 316 g/mol. The number of benzene rings is 2. The predicted molar refractivity (Wildman–Crippen MR) is 71.0 cm³/mol. The maximum Gasteiger partial charge on any atom is 0.421 e. The zero-order chi connectivity index (χ0) is 16.4. The number of alkyl halides is 6. The van der Waals surface area contributed by atoms with Crippen LogP contribution in [0.25, 0.3) is 5.57 Å². The zero-order valence-corrected chi connectivity index (χ0v) is 11.0. The molecule has 0 spiro atoms. The topological polar surface area (TPSA) is 0 Å². The Kier molecular flexibility index (Phi) is 4.30. The molecule has 0 aliphatic rings. The van der Waals surface area contributed by atoms with E-state index < -0.39 is 23.5 Å². The van der Waals surface area contributed by atoms with E-state index in [1.165, 1.54) is 60.7 Å². The van der Waals surface area contributed by atoms with Crippen LogP contribution in [-0.4, -0.2) is 12.4 Å². The molecule has 2 rings (SSSR count). The predicted octanol–water partition coefficient (Wildman–Crippen LogP) is 5.61. The van der Waals surface area contributed by atoms with E-state index in [1.807, 2.05) is 0 Å². The van der Waals surface area contributed by atoms with E-state index in [1.54, 1.807) is 0 Å². The molecule has 0 aliphatic carbocycles. The lowest BCUT2D eigenvalue weighted by atomic mass is 9.92. The molecule has 0 unspecified atom stereocenters. The van der Waals surface area contributed by atoms with E-state index in [4.69, 9.17) is 0 Å². The minimum Gasteiger partial charge on any atom is -0.166 e. The van der Waals surface area contributed by atoms with Crippen molar-refractivity contribution in [2.24, 2.45) is 0 Å². The van der Waals surface area contributed by atoms with Crippen molar-refractivity contribution in [3.63, 3.8) is 0 Å². The van der Waals surface area contributed by atoms with Crippen LogP contribution in [0.3, 0.4) is 0 Å². The van der Waals surface area contributed by atoms with Gasteiger partial charge in [-0.1, -0.05) is 60.7 Å². The number of hydrogen-bond acceptors (Lipinski definition) is 0. The Morgan fingerprint density at radius 1 is 0.545 bits per heavy atom. The number of rotatable bonds is 2. The minimum absolute atomic E-state index is 0.140. The Balaban J connectivity index is 2.85. The van der Waals surface area contributed by atoms with Gasteiger partial charge in [-0.3, -0.25) is 0 Å². The molecular weight excluding hydrogens is 306 g/mol. The van der Waals surface area contributed by atoms with Crippen LogP contribution in [0.2, 0.25) is 0 Å². The fraction of sp³-hybridized carbons (Fsp3) is 0.125. The third-order valence-electron chi connectivity index (χ3n) is 2.94. The maximum atomic E-state index is 13.1. The van der Waals surface area contributed by atoms with Crippen LogP contribution in [0, 0.1) is 0 Å². The van der Waals surface area contributed by atoms with Crippen molar-refractivity contribution in [2.75, 3.05) is 0 Å². The van der Waals surface area contributed by atoms with Gasteiger partial charge in [0.05, 0.1) is 0 Å². The Bertz CT molecular complexity index is 593. The van der Waals surface area contributed by atoms with Gasteiger partial charge in [0.15, 0.2) is 0 Å². The third kappa shape index (κ3) is 3.50. The van der Waals surface area contributed by atoms with Crippen LogP contribution in [0.5, 0.6) is 0 Å². The Morgan fingerprint density at radius 2 is 0.864 bits per heavy atom. The van der Waals surface area contributed by atoms with Gasteiger partial charge in [-0.2, -0.15) is 26.3 Å². The standard InChI is InChI=1S/C16H10F6/c17-15(18,19)14(16(20,21)22)13(11-7-3-1-4-8-11)12-9-5-2-6-10-12/h1-10H. The molecule has 116 valence electrons. The number of hydrogen-bond donors (Lipinski definition) is 0. The van der Waals surface area contributed by atoms with E-state index in [9.17, 15) is 26.3 Å². The average Bonchev–Trinajstić information content (AvgIpc) is 2.44. The first-order valence-corrected chi connectivity index (χ1v) is 6.21. The summed E-state index contributed by atoms with van der Waals surface area (Å²) in [5.74, 6) is 0. The van der Waals surface area contributed by atoms with Crippen LogP contribution in [0.15, 0.2) is 66.2 Å². The highest BCUT2D eigenvalue weighted by Crippen LogP contribution is 2.45. The zero-order valence-electron chi connectivity index (χ0n) is 11.0. The molecule has 0 saturated carbocycles. The molecule has 0 aromatic heterocycles. The van der Waals surface area contributed by atoms with Crippen LogP contribution >= 0.6 is 0 Å². The lowest BCUT2D eigenvalue weighted by Crippen LogP contribution is -2.28. The van der Waals surface area contributed by atoms with E-state index in [-0.39, 0.29) is 11.1 Å².